The second-order valence-electron chi connectivity index (χ2n) is 5.17. The summed E-state index contributed by atoms with van der Waals surface area (Å²) in [6.45, 7) is -3.17. The summed E-state index contributed by atoms with van der Waals surface area (Å²) in [7, 11) is 2.93. The van der Waals surface area contributed by atoms with E-state index in [0.29, 0.717) is 27.6 Å². The van der Waals surface area contributed by atoms with Crippen LogP contribution in [0.1, 0.15) is 11.1 Å². The molecule has 0 N–H and O–H groups in total. The summed E-state index contributed by atoms with van der Waals surface area (Å²) in [5.74, 6) is 0.0920. The van der Waals surface area contributed by atoms with E-state index in [-0.39, 0.29) is 12.4 Å². The summed E-state index contributed by atoms with van der Waals surface area (Å²) < 4.78 is 44.5. The average molecular weight is 399 g/mol. The first-order valence-corrected chi connectivity index (χ1v) is 8.11. The number of benzene rings is 2. The lowest BCUT2D eigenvalue weighted by molar-refractivity contribution is -0.139. The summed E-state index contributed by atoms with van der Waals surface area (Å²) in [5, 5.41) is 0.322. The zero-order chi connectivity index (χ0) is 19.8. The molecule has 5 nitrogen and oxygen atoms in total. The summed E-state index contributed by atoms with van der Waals surface area (Å²) in [6.07, 6.45) is 2.67. The summed E-state index contributed by atoms with van der Waals surface area (Å²) in [5.41, 5.74) is 0.921. The molecule has 0 aromatic heterocycles. The van der Waals surface area contributed by atoms with Gasteiger partial charge in [-0.05, 0) is 29.8 Å². The lowest BCUT2D eigenvalue weighted by atomic mass is 10.2. The molecule has 8 heteroatoms. The van der Waals surface area contributed by atoms with E-state index < -0.39 is 12.6 Å². The van der Waals surface area contributed by atoms with E-state index in [9.17, 15) is 13.6 Å². The van der Waals surface area contributed by atoms with E-state index in [2.05, 4.69) is 4.74 Å². The molecular formula is C19H17ClF2O5. The second kappa shape index (κ2) is 9.78. The molecule has 0 fully saturated rings. The standard InChI is InChI=1S/C19H17ClF2O5/c1-24-16-10-12(9-14(20)18(16)25-2)7-8-17(23)26-11-13-5-3-4-6-15(13)27-19(21)22/h3-10,19H,11H2,1-2H3/b8-7+. The van der Waals surface area contributed by atoms with Crippen molar-refractivity contribution in [3.8, 4) is 17.2 Å². The molecule has 0 aliphatic rings. The van der Waals surface area contributed by atoms with Gasteiger partial charge in [0.25, 0.3) is 0 Å². The molecule has 0 unspecified atom stereocenters. The first-order chi connectivity index (χ1) is 12.9. The number of hydrogen-bond acceptors (Lipinski definition) is 5. The van der Waals surface area contributed by atoms with E-state index in [0.717, 1.165) is 0 Å². The number of ether oxygens (including phenoxy) is 4. The van der Waals surface area contributed by atoms with Crippen molar-refractivity contribution in [3.05, 3.63) is 58.6 Å². The summed E-state index contributed by atoms with van der Waals surface area (Å²) in [6, 6.07) is 9.31. The van der Waals surface area contributed by atoms with Gasteiger partial charge in [0, 0.05) is 11.6 Å². The number of carbonyl (C=O) groups excluding carboxylic acids is 1. The summed E-state index contributed by atoms with van der Waals surface area (Å²) in [4.78, 5) is 11.9. The molecule has 0 bridgehead atoms. The molecule has 2 aromatic carbocycles. The fraction of sp³-hybridized carbons (Fsp3) is 0.211. The molecule has 0 amide bonds. The van der Waals surface area contributed by atoms with Crippen molar-refractivity contribution in [3.63, 3.8) is 0 Å². The zero-order valence-electron chi connectivity index (χ0n) is 14.6. The van der Waals surface area contributed by atoms with Gasteiger partial charge in [-0.3, -0.25) is 0 Å². The molecule has 2 rings (SSSR count). The number of esters is 1. The van der Waals surface area contributed by atoms with Crippen LogP contribution in [-0.2, 0) is 16.1 Å². The Hall–Kier alpha value is -2.80. The summed E-state index contributed by atoms with van der Waals surface area (Å²) >= 11 is 6.10. The van der Waals surface area contributed by atoms with Crippen LogP contribution in [0.5, 0.6) is 17.2 Å². The van der Waals surface area contributed by atoms with Crippen LogP contribution in [0, 0.1) is 0 Å². The minimum Gasteiger partial charge on any atom is -0.493 e. The fourth-order valence-electron chi connectivity index (χ4n) is 2.23. The van der Waals surface area contributed by atoms with E-state index >= 15 is 0 Å². The molecule has 0 saturated carbocycles. The first-order valence-electron chi connectivity index (χ1n) is 7.73. The Morgan fingerprint density at radius 3 is 2.56 bits per heavy atom. The number of para-hydroxylation sites is 1. The van der Waals surface area contributed by atoms with Crippen molar-refractivity contribution < 1.29 is 32.5 Å². The molecule has 0 aliphatic heterocycles. The Morgan fingerprint density at radius 2 is 1.89 bits per heavy atom. The minimum atomic E-state index is -2.96. The van der Waals surface area contributed by atoms with Crippen LogP contribution in [0.2, 0.25) is 5.02 Å². The van der Waals surface area contributed by atoms with Gasteiger partial charge in [-0.25, -0.2) is 4.79 Å². The van der Waals surface area contributed by atoms with Crippen molar-refractivity contribution in [1.82, 2.24) is 0 Å². The first kappa shape index (κ1) is 20.5. The topological polar surface area (TPSA) is 54.0 Å². The molecule has 2 aromatic rings. The largest absolute Gasteiger partial charge is 0.493 e. The van der Waals surface area contributed by atoms with Gasteiger partial charge >= 0.3 is 12.6 Å². The normalized spacial score (nSPS) is 10.9. The van der Waals surface area contributed by atoms with Gasteiger partial charge in [-0.2, -0.15) is 8.78 Å². The van der Waals surface area contributed by atoms with Gasteiger partial charge in [0.15, 0.2) is 11.5 Å². The number of hydrogen-bond donors (Lipinski definition) is 0. The molecule has 0 spiro atoms. The van der Waals surface area contributed by atoms with Gasteiger partial charge in [0.2, 0.25) is 0 Å². The van der Waals surface area contributed by atoms with Crippen molar-refractivity contribution in [2.75, 3.05) is 14.2 Å². The van der Waals surface area contributed by atoms with Crippen molar-refractivity contribution in [2.45, 2.75) is 13.2 Å². The van der Waals surface area contributed by atoms with Crippen LogP contribution in [0.4, 0.5) is 8.78 Å². The van der Waals surface area contributed by atoms with Gasteiger partial charge in [0.1, 0.15) is 12.4 Å². The van der Waals surface area contributed by atoms with E-state index in [4.69, 9.17) is 25.8 Å². The molecule has 144 valence electrons. The maximum atomic E-state index is 12.4. The predicted octanol–water partition coefficient (Wildman–Crippen LogP) is 4.72. The SMILES string of the molecule is COc1cc(/C=C/C(=O)OCc2ccccc2OC(F)F)cc(Cl)c1OC. The highest BCUT2D eigenvalue weighted by Gasteiger charge is 2.11. The Balaban J connectivity index is 2.03. The third-order valence-corrected chi connectivity index (χ3v) is 3.71. The Bertz CT molecular complexity index is 824. The van der Waals surface area contributed by atoms with Gasteiger partial charge in [-0.15, -0.1) is 0 Å². The van der Waals surface area contributed by atoms with Crippen LogP contribution in [0.3, 0.4) is 0 Å². The zero-order valence-corrected chi connectivity index (χ0v) is 15.3. The molecule has 0 aliphatic carbocycles. The van der Waals surface area contributed by atoms with Crippen molar-refractivity contribution in [2.24, 2.45) is 0 Å². The lowest BCUT2D eigenvalue weighted by Gasteiger charge is -2.10. The monoisotopic (exact) mass is 398 g/mol. The molecule has 0 radical (unpaired) electrons. The lowest BCUT2D eigenvalue weighted by Crippen LogP contribution is -2.06. The van der Waals surface area contributed by atoms with Crippen LogP contribution < -0.4 is 14.2 Å². The Kier molecular flexibility index (Phi) is 7.43. The van der Waals surface area contributed by atoms with E-state index in [1.54, 1.807) is 24.3 Å². The van der Waals surface area contributed by atoms with Gasteiger partial charge < -0.3 is 18.9 Å². The number of rotatable bonds is 8. The third-order valence-electron chi connectivity index (χ3n) is 3.43. The Morgan fingerprint density at radius 1 is 1.15 bits per heavy atom. The molecule has 0 saturated heterocycles. The fourth-order valence-corrected chi connectivity index (χ4v) is 2.53. The number of halogens is 3. The predicted molar refractivity (Wildman–Crippen MR) is 96.5 cm³/mol. The molecule has 27 heavy (non-hydrogen) atoms. The highest BCUT2D eigenvalue weighted by Crippen LogP contribution is 2.36. The van der Waals surface area contributed by atoms with Crippen LogP contribution in [-0.4, -0.2) is 26.8 Å². The minimum absolute atomic E-state index is 0.0454. The quantitative estimate of drug-likeness (QED) is 0.476. The number of methoxy groups -OCH3 is 2. The highest BCUT2D eigenvalue weighted by atomic mass is 35.5. The van der Waals surface area contributed by atoms with E-state index in [1.165, 1.54) is 38.5 Å². The van der Waals surface area contributed by atoms with Gasteiger partial charge in [-0.1, -0.05) is 29.8 Å². The number of carbonyl (C=O) groups is 1. The van der Waals surface area contributed by atoms with Crippen LogP contribution >= 0.6 is 11.6 Å². The maximum Gasteiger partial charge on any atom is 0.387 e. The van der Waals surface area contributed by atoms with Crippen molar-refractivity contribution in [1.29, 1.82) is 0 Å². The maximum absolute atomic E-state index is 12.4. The Labute approximate surface area is 160 Å². The highest BCUT2D eigenvalue weighted by molar-refractivity contribution is 6.32. The average Bonchev–Trinajstić information content (AvgIpc) is 2.64. The second-order valence-corrected chi connectivity index (χ2v) is 5.57. The van der Waals surface area contributed by atoms with Crippen LogP contribution in [0.15, 0.2) is 42.5 Å². The molecular weight excluding hydrogens is 382 g/mol. The van der Waals surface area contributed by atoms with Crippen molar-refractivity contribution >= 4 is 23.6 Å². The molecule has 0 heterocycles. The third kappa shape index (κ3) is 5.86. The molecule has 0 atom stereocenters. The number of alkyl halides is 2. The smallest absolute Gasteiger partial charge is 0.387 e. The van der Waals surface area contributed by atoms with E-state index in [1.807, 2.05) is 0 Å². The van der Waals surface area contributed by atoms with Gasteiger partial charge in [0.05, 0.1) is 19.2 Å². The van der Waals surface area contributed by atoms with Crippen LogP contribution in [0.25, 0.3) is 6.08 Å².